The predicted molar refractivity (Wildman–Crippen MR) is 101 cm³/mol. The molecule has 6 nitrogen and oxygen atoms in total. The summed E-state index contributed by atoms with van der Waals surface area (Å²) < 4.78 is 29.4. The van der Waals surface area contributed by atoms with E-state index in [0.29, 0.717) is 5.69 Å². The summed E-state index contributed by atoms with van der Waals surface area (Å²) in [5.74, 6) is 0.274. The number of rotatable bonds is 4. The highest BCUT2D eigenvalue weighted by atomic mass is 32.2. The van der Waals surface area contributed by atoms with Gasteiger partial charge in [-0.15, -0.1) is 0 Å². The van der Waals surface area contributed by atoms with E-state index in [1.165, 1.54) is 0 Å². The van der Waals surface area contributed by atoms with Gasteiger partial charge in [0.15, 0.2) is 5.82 Å². The van der Waals surface area contributed by atoms with Crippen LogP contribution in [0.5, 0.6) is 0 Å². The Kier molecular flexibility index (Phi) is 4.90. The molecule has 2 aromatic heterocycles. The Morgan fingerprint density at radius 2 is 1.73 bits per heavy atom. The minimum absolute atomic E-state index is 0.0445. The molecular formula is C18H20N4O2S2. The molecule has 26 heavy (non-hydrogen) atoms. The number of benzene rings is 1. The Morgan fingerprint density at radius 1 is 1.04 bits per heavy atom. The molecule has 0 saturated heterocycles. The third-order valence-corrected chi connectivity index (χ3v) is 6.45. The highest BCUT2D eigenvalue weighted by Gasteiger charge is 2.23. The van der Waals surface area contributed by atoms with Gasteiger partial charge in [0.05, 0.1) is 16.8 Å². The van der Waals surface area contributed by atoms with Crippen molar-refractivity contribution in [3.63, 3.8) is 0 Å². The molecule has 0 aliphatic carbocycles. The summed E-state index contributed by atoms with van der Waals surface area (Å²) in [5, 5.41) is 0. The van der Waals surface area contributed by atoms with Gasteiger partial charge in [-0.3, -0.25) is 4.98 Å². The third kappa shape index (κ3) is 4.13. The van der Waals surface area contributed by atoms with Crippen molar-refractivity contribution < 1.29 is 8.42 Å². The van der Waals surface area contributed by atoms with Crippen LogP contribution in [-0.2, 0) is 16.3 Å². The molecule has 0 atom stereocenters. The zero-order valence-electron chi connectivity index (χ0n) is 15.1. The Morgan fingerprint density at radius 3 is 2.31 bits per heavy atom. The van der Waals surface area contributed by atoms with Crippen molar-refractivity contribution in [2.75, 3.05) is 0 Å². The molecule has 0 radical (unpaired) electrons. The van der Waals surface area contributed by atoms with E-state index >= 15 is 0 Å². The van der Waals surface area contributed by atoms with Crippen LogP contribution >= 0.6 is 11.5 Å². The first kappa shape index (κ1) is 18.6. The summed E-state index contributed by atoms with van der Waals surface area (Å²) >= 11 is 0.848. The van der Waals surface area contributed by atoms with Gasteiger partial charge in [-0.05, 0) is 42.4 Å². The minimum atomic E-state index is -3.68. The van der Waals surface area contributed by atoms with E-state index in [1.807, 2.05) is 6.92 Å². The van der Waals surface area contributed by atoms with Crippen molar-refractivity contribution in [1.29, 1.82) is 0 Å². The highest BCUT2D eigenvalue weighted by Crippen LogP contribution is 2.26. The maximum atomic E-state index is 12.7. The summed E-state index contributed by atoms with van der Waals surface area (Å²) in [7, 11) is -3.68. The lowest BCUT2D eigenvalue weighted by molar-refractivity contribution is 0.405. The topological polar surface area (TPSA) is 85.7 Å². The molecule has 0 spiro atoms. The van der Waals surface area contributed by atoms with Crippen molar-refractivity contribution in [2.24, 2.45) is 5.41 Å². The second-order valence-electron chi connectivity index (χ2n) is 7.33. The van der Waals surface area contributed by atoms with E-state index in [2.05, 4.69) is 40.1 Å². The Hall–Kier alpha value is -2.19. The van der Waals surface area contributed by atoms with Gasteiger partial charge in [0, 0.05) is 6.20 Å². The minimum Gasteiger partial charge on any atom is -0.257 e. The van der Waals surface area contributed by atoms with Crippen molar-refractivity contribution in [1.82, 2.24) is 19.3 Å². The molecule has 0 aliphatic heterocycles. The van der Waals surface area contributed by atoms with Gasteiger partial charge in [0.25, 0.3) is 0 Å². The lowest BCUT2D eigenvalue weighted by atomic mass is 9.91. The maximum Gasteiger partial charge on any atom is 0.235 e. The zero-order valence-corrected chi connectivity index (χ0v) is 16.7. The van der Waals surface area contributed by atoms with Crippen molar-refractivity contribution >= 4 is 21.4 Å². The molecule has 136 valence electrons. The molecule has 0 saturated carbocycles. The largest absolute Gasteiger partial charge is 0.257 e. The number of nitrogens with zero attached hydrogens (tertiary/aromatic N) is 4. The fourth-order valence-corrected chi connectivity index (χ4v) is 4.47. The van der Waals surface area contributed by atoms with E-state index in [4.69, 9.17) is 0 Å². The second-order valence-corrected chi connectivity index (χ2v) is 10.2. The van der Waals surface area contributed by atoms with Gasteiger partial charge < -0.3 is 0 Å². The Bertz CT molecular complexity index is 1000. The van der Waals surface area contributed by atoms with Crippen LogP contribution < -0.4 is 0 Å². The van der Waals surface area contributed by atoms with E-state index in [1.54, 1.807) is 36.7 Å². The quantitative estimate of drug-likeness (QED) is 0.677. The van der Waals surface area contributed by atoms with Gasteiger partial charge in [-0.25, -0.2) is 18.4 Å². The monoisotopic (exact) mass is 388 g/mol. The lowest BCUT2D eigenvalue weighted by Crippen LogP contribution is -2.10. The summed E-state index contributed by atoms with van der Waals surface area (Å²) in [5.41, 5.74) is 2.45. The second kappa shape index (κ2) is 6.85. The summed E-state index contributed by atoms with van der Waals surface area (Å²) in [6.45, 7) is 8.30. The summed E-state index contributed by atoms with van der Waals surface area (Å²) in [4.78, 5) is 13.1. The highest BCUT2D eigenvalue weighted by molar-refractivity contribution is 7.93. The molecule has 2 heterocycles. The van der Waals surface area contributed by atoms with Crippen LogP contribution in [0.1, 0.15) is 32.0 Å². The fourth-order valence-electron chi connectivity index (χ4n) is 2.35. The number of aryl methyl sites for hydroxylation is 1. The molecule has 0 bridgehead atoms. The van der Waals surface area contributed by atoms with Crippen LogP contribution in [0, 0.1) is 12.3 Å². The third-order valence-electron chi connectivity index (χ3n) is 3.61. The summed E-state index contributed by atoms with van der Waals surface area (Å²) in [6.07, 6.45) is 4.08. The molecular weight excluding hydrogens is 368 g/mol. The molecule has 3 aromatic rings. The van der Waals surface area contributed by atoms with Crippen LogP contribution in [0.25, 0.3) is 11.5 Å². The first-order valence-corrected chi connectivity index (χ1v) is 10.4. The molecule has 0 fully saturated rings. The van der Waals surface area contributed by atoms with Gasteiger partial charge in [-0.1, -0.05) is 38.5 Å². The molecule has 1 aromatic carbocycles. The van der Waals surface area contributed by atoms with Crippen LogP contribution in [0.15, 0.2) is 45.9 Å². The average Bonchev–Trinajstić information content (AvgIpc) is 3.05. The van der Waals surface area contributed by atoms with Crippen LogP contribution in [-0.4, -0.2) is 27.7 Å². The molecule has 0 amide bonds. The van der Waals surface area contributed by atoms with Crippen molar-refractivity contribution in [3.05, 3.63) is 47.9 Å². The first-order chi connectivity index (χ1) is 12.1. The van der Waals surface area contributed by atoms with Gasteiger partial charge in [0.1, 0.15) is 5.69 Å². The first-order valence-electron chi connectivity index (χ1n) is 8.12. The molecule has 0 aliphatic rings. The SMILES string of the molecule is Cc1ccc(S(=O)(=O)c2nc(-c3cnc(CC(C)(C)C)cn3)ns2)cc1. The smallest absolute Gasteiger partial charge is 0.235 e. The van der Waals surface area contributed by atoms with Crippen molar-refractivity contribution in [3.8, 4) is 11.5 Å². The molecule has 0 N–H and O–H groups in total. The van der Waals surface area contributed by atoms with E-state index in [9.17, 15) is 8.42 Å². The van der Waals surface area contributed by atoms with E-state index in [-0.39, 0.29) is 20.5 Å². The molecule has 3 rings (SSSR count). The summed E-state index contributed by atoms with van der Waals surface area (Å²) in [6, 6.07) is 6.67. The van der Waals surface area contributed by atoms with Crippen molar-refractivity contribution in [2.45, 2.75) is 43.4 Å². The number of aromatic nitrogens is 4. The number of sulfone groups is 1. The van der Waals surface area contributed by atoms with Crippen LogP contribution in [0.4, 0.5) is 0 Å². The Labute approximate surface area is 157 Å². The Balaban J connectivity index is 1.87. The normalized spacial score (nSPS) is 12.3. The van der Waals surface area contributed by atoms with Gasteiger partial charge >= 0.3 is 0 Å². The standard InChI is InChI=1S/C18H20N4O2S2/c1-12-5-7-14(8-6-12)26(23,24)17-21-16(22-25-17)15-11-19-13(10-20-15)9-18(2,3)4/h5-8,10-11H,9H2,1-4H3. The van der Waals surface area contributed by atoms with Crippen LogP contribution in [0.3, 0.4) is 0 Å². The number of hydrogen-bond acceptors (Lipinski definition) is 7. The molecule has 8 heteroatoms. The van der Waals surface area contributed by atoms with Gasteiger partial charge in [0.2, 0.25) is 14.2 Å². The average molecular weight is 389 g/mol. The predicted octanol–water partition coefficient (Wildman–Crippen LogP) is 3.72. The zero-order chi connectivity index (χ0) is 18.9. The molecule has 0 unspecified atom stereocenters. The van der Waals surface area contributed by atoms with E-state index in [0.717, 1.165) is 29.2 Å². The van der Waals surface area contributed by atoms with Gasteiger partial charge in [-0.2, -0.15) is 4.37 Å². The fraction of sp³-hybridized carbons (Fsp3) is 0.333. The lowest BCUT2D eigenvalue weighted by Gasteiger charge is -2.16. The van der Waals surface area contributed by atoms with E-state index < -0.39 is 9.84 Å². The van der Waals surface area contributed by atoms with Crippen LogP contribution in [0.2, 0.25) is 0 Å². The number of hydrogen-bond donors (Lipinski definition) is 0. The maximum absolute atomic E-state index is 12.7.